The van der Waals surface area contributed by atoms with Gasteiger partial charge < -0.3 is 20.0 Å². The van der Waals surface area contributed by atoms with Crippen molar-refractivity contribution in [3.63, 3.8) is 0 Å². The highest BCUT2D eigenvalue weighted by Crippen LogP contribution is 2.40. The first kappa shape index (κ1) is 27.2. The summed E-state index contributed by atoms with van der Waals surface area (Å²) < 4.78 is 66.0. The first-order valence-corrected chi connectivity index (χ1v) is 12.1. The summed E-state index contributed by atoms with van der Waals surface area (Å²) in [7, 11) is -4.68. The molecule has 2 aromatic rings. The third-order valence-corrected chi connectivity index (χ3v) is 6.25. The molecule has 2 aromatic carbocycles. The van der Waals surface area contributed by atoms with Crippen molar-refractivity contribution >= 4 is 53.8 Å². The quantitative estimate of drug-likeness (QED) is 0.295. The van der Waals surface area contributed by atoms with Crippen LogP contribution in [-0.4, -0.2) is 38.4 Å². The largest absolute Gasteiger partial charge is 0.417 e. The molecule has 0 aromatic heterocycles. The summed E-state index contributed by atoms with van der Waals surface area (Å²) in [5.74, 6) is -2.87. The van der Waals surface area contributed by atoms with E-state index >= 15 is 0 Å². The summed E-state index contributed by atoms with van der Waals surface area (Å²) in [4.78, 5) is 44.7. The van der Waals surface area contributed by atoms with Gasteiger partial charge in [-0.05, 0) is 62.5 Å². The molecule has 0 radical (unpaired) electrons. The molecule has 36 heavy (non-hydrogen) atoms. The fraction of sp³-hybridized carbons (Fsp3) is 0.238. The highest BCUT2D eigenvalue weighted by atomic mass is 32.1. The van der Waals surface area contributed by atoms with Crippen LogP contribution >= 0.6 is 19.8 Å². The van der Waals surface area contributed by atoms with Crippen LogP contribution in [-0.2, 0) is 20.3 Å². The Bertz CT molecular complexity index is 1370. The topological polar surface area (TPSA) is 134 Å². The van der Waals surface area contributed by atoms with Gasteiger partial charge >= 0.3 is 13.8 Å². The summed E-state index contributed by atoms with van der Waals surface area (Å²) in [6, 6.07) is 7.37. The number of thiocarbonyl (C=S) groups is 1. The maximum atomic E-state index is 14.7. The molecule has 0 atom stereocenters. The molecule has 0 saturated carbocycles. The smallest absolute Gasteiger partial charge is 0.324 e. The van der Waals surface area contributed by atoms with E-state index in [0.29, 0.717) is 6.07 Å². The second kappa shape index (κ2) is 9.25. The van der Waals surface area contributed by atoms with Gasteiger partial charge in [0.05, 0.1) is 28.6 Å². The number of halogens is 4. The molecular weight excluding hydrogens is 527 g/mol. The monoisotopic (exact) mass is 544 g/mol. The average Bonchev–Trinajstić information content (AvgIpc) is 2.91. The van der Waals surface area contributed by atoms with Crippen molar-refractivity contribution in [1.29, 1.82) is 5.26 Å². The fourth-order valence-electron chi connectivity index (χ4n) is 3.58. The molecule has 0 aliphatic carbocycles. The van der Waals surface area contributed by atoms with Gasteiger partial charge in [-0.2, -0.15) is 18.4 Å². The molecule has 9 nitrogen and oxygen atoms in total. The van der Waals surface area contributed by atoms with Gasteiger partial charge in [0.25, 0.3) is 5.91 Å². The molecule has 0 bridgehead atoms. The van der Waals surface area contributed by atoms with E-state index in [1.54, 1.807) is 0 Å². The minimum Gasteiger partial charge on any atom is -0.324 e. The van der Waals surface area contributed by atoms with Gasteiger partial charge in [-0.15, -0.1) is 0 Å². The highest BCUT2D eigenvalue weighted by molar-refractivity contribution is 7.81. The van der Waals surface area contributed by atoms with E-state index in [1.807, 2.05) is 5.32 Å². The van der Waals surface area contributed by atoms with Gasteiger partial charge in [-0.3, -0.25) is 19.1 Å². The van der Waals surface area contributed by atoms with Crippen LogP contribution in [0.2, 0.25) is 0 Å². The molecule has 3 N–H and O–H groups in total. The van der Waals surface area contributed by atoms with Crippen LogP contribution in [0.25, 0.3) is 0 Å². The lowest BCUT2D eigenvalue weighted by atomic mass is 10.0. The van der Waals surface area contributed by atoms with E-state index in [1.165, 1.54) is 30.9 Å². The Kier molecular flexibility index (Phi) is 7.00. The SMILES string of the molecule is CC1(C)C(=O)N(c2ccc(C#N)c(C(F)(F)F)c2)C(=S)N1c1ccc(NC(=O)CP(=O)(O)O)c(F)c1. The standard InChI is InChI=1S/C21H17F4N4O5PS/c1-20(2)18(31)28(12-4-3-11(9-26)14(7-12)21(23,24)25)19(36)29(20)13-5-6-16(15(22)8-13)27-17(30)10-35(32,33)34/h3-8H,10H2,1-2H3,(H,27,30)(H2,32,33,34). The van der Waals surface area contributed by atoms with Crippen LogP contribution < -0.4 is 15.1 Å². The number of nitrogens with zero attached hydrogens (tertiary/aromatic N) is 3. The molecule has 190 valence electrons. The molecule has 0 unspecified atom stereocenters. The molecule has 1 fully saturated rings. The van der Waals surface area contributed by atoms with E-state index in [4.69, 9.17) is 27.3 Å². The summed E-state index contributed by atoms with van der Waals surface area (Å²) in [6.45, 7) is 2.84. The van der Waals surface area contributed by atoms with Crippen LogP contribution in [0.15, 0.2) is 36.4 Å². The van der Waals surface area contributed by atoms with Gasteiger partial charge in [-0.25, -0.2) is 4.39 Å². The van der Waals surface area contributed by atoms with Crippen LogP contribution in [0.4, 0.5) is 34.6 Å². The minimum atomic E-state index is -4.87. The molecule has 3 rings (SSSR count). The van der Waals surface area contributed by atoms with E-state index in [2.05, 4.69) is 0 Å². The number of anilines is 3. The fourth-order valence-corrected chi connectivity index (χ4v) is 4.56. The second-order valence-electron chi connectivity index (χ2n) is 8.19. The number of benzene rings is 2. The molecule has 2 amide bonds. The Labute approximate surface area is 207 Å². The number of amides is 2. The van der Waals surface area contributed by atoms with Crippen molar-refractivity contribution in [3.8, 4) is 6.07 Å². The van der Waals surface area contributed by atoms with E-state index in [-0.39, 0.29) is 16.5 Å². The number of nitrogens with one attached hydrogen (secondary N) is 1. The van der Waals surface area contributed by atoms with E-state index < -0.39 is 59.9 Å². The second-order valence-corrected chi connectivity index (χ2v) is 10.2. The van der Waals surface area contributed by atoms with Gasteiger partial charge in [0.15, 0.2) is 5.11 Å². The Morgan fingerprint density at radius 3 is 2.33 bits per heavy atom. The molecule has 1 aliphatic heterocycles. The van der Waals surface area contributed by atoms with E-state index in [0.717, 1.165) is 29.2 Å². The van der Waals surface area contributed by atoms with Crippen molar-refractivity contribution < 1.29 is 41.5 Å². The summed E-state index contributed by atoms with van der Waals surface area (Å²) in [5.41, 5.74) is -3.98. The molecule has 1 aliphatic rings. The van der Waals surface area contributed by atoms with Crippen molar-refractivity contribution in [2.45, 2.75) is 25.6 Å². The lowest BCUT2D eigenvalue weighted by Crippen LogP contribution is -2.44. The summed E-state index contributed by atoms with van der Waals surface area (Å²) in [6.07, 6.45) is -6.03. The molecule has 0 spiro atoms. The van der Waals surface area contributed by atoms with Crippen LogP contribution in [0, 0.1) is 17.1 Å². The normalized spacial score (nSPS) is 15.8. The predicted octanol–water partition coefficient (Wildman–Crippen LogP) is 3.75. The van der Waals surface area contributed by atoms with Crippen LogP contribution in [0.3, 0.4) is 0 Å². The van der Waals surface area contributed by atoms with Crippen molar-refractivity contribution in [2.24, 2.45) is 0 Å². The molecule has 15 heteroatoms. The minimum absolute atomic E-state index is 0.0241. The van der Waals surface area contributed by atoms with Crippen molar-refractivity contribution in [2.75, 3.05) is 21.3 Å². The molecular formula is C21H17F4N4O5PS. The zero-order valence-corrected chi connectivity index (χ0v) is 20.2. The lowest BCUT2D eigenvalue weighted by molar-refractivity contribution is -0.137. The number of carbonyl (C=O) groups is 2. The first-order valence-electron chi connectivity index (χ1n) is 9.91. The number of rotatable bonds is 5. The summed E-state index contributed by atoms with van der Waals surface area (Å²) in [5, 5.41) is 10.8. The highest BCUT2D eigenvalue weighted by Gasteiger charge is 2.50. The number of hydrogen-bond acceptors (Lipinski definition) is 5. The number of nitriles is 1. The van der Waals surface area contributed by atoms with Crippen LogP contribution in [0.1, 0.15) is 25.0 Å². The van der Waals surface area contributed by atoms with Crippen molar-refractivity contribution in [1.82, 2.24) is 0 Å². The van der Waals surface area contributed by atoms with Gasteiger partial charge in [-0.1, -0.05) is 0 Å². The third-order valence-electron chi connectivity index (χ3n) is 5.19. The number of alkyl halides is 3. The Morgan fingerprint density at radius 1 is 1.19 bits per heavy atom. The maximum absolute atomic E-state index is 14.7. The predicted molar refractivity (Wildman–Crippen MR) is 125 cm³/mol. The van der Waals surface area contributed by atoms with Gasteiger partial charge in [0, 0.05) is 5.69 Å². The zero-order valence-electron chi connectivity index (χ0n) is 18.5. The van der Waals surface area contributed by atoms with E-state index in [9.17, 15) is 31.7 Å². The Balaban J connectivity index is 1.98. The van der Waals surface area contributed by atoms with Gasteiger partial charge in [0.1, 0.15) is 17.5 Å². The number of hydrogen-bond donors (Lipinski definition) is 3. The summed E-state index contributed by atoms with van der Waals surface area (Å²) >= 11 is 5.36. The Morgan fingerprint density at radius 2 is 1.81 bits per heavy atom. The first-order chi connectivity index (χ1) is 16.5. The molecule has 1 heterocycles. The number of carbonyl (C=O) groups excluding carboxylic acids is 2. The average molecular weight is 544 g/mol. The lowest BCUT2D eigenvalue weighted by Gasteiger charge is -2.29. The van der Waals surface area contributed by atoms with Crippen molar-refractivity contribution in [3.05, 3.63) is 53.3 Å². The maximum Gasteiger partial charge on any atom is 0.417 e. The third kappa shape index (κ3) is 5.24. The Hall–Kier alpha value is -3.37. The van der Waals surface area contributed by atoms with Gasteiger partial charge in [0.2, 0.25) is 5.91 Å². The molecule has 1 saturated heterocycles. The zero-order chi connectivity index (χ0) is 27.2. The van der Waals surface area contributed by atoms with Crippen LogP contribution in [0.5, 0.6) is 0 Å².